The fourth-order valence-electron chi connectivity index (χ4n) is 5.75. The van der Waals surface area contributed by atoms with E-state index in [1.807, 2.05) is 42.7 Å². The summed E-state index contributed by atoms with van der Waals surface area (Å²) < 4.78 is 16.7. The Morgan fingerprint density at radius 2 is 1.71 bits per heavy atom. The summed E-state index contributed by atoms with van der Waals surface area (Å²) in [5, 5.41) is 14.2. The van der Waals surface area contributed by atoms with Crippen LogP contribution in [-0.2, 0) is 6.42 Å². The second kappa shape index (κ2) is 13.1. The summed E-state index contributed by atoms with van der Waals surface area (Å²) in [6.45, 7) is 6.17. The Morgan fingerprint density at radius 3 is 2.38 bits per heavy atom. The lowest BCUT2D eigenvalue weighted by Gasteiger charge is -2.46. The maximum Gasteiger partial charge on any atom is 0.225 e. The predicted molar refractivity (Wildman–Crippen MR) is 187 cm³/mol. The number of benzene rings is 1. The number of alkyl halides is 1. The van der Waals surface area contributed by atoms with E-state index in [1.54, 1.807) is 12.1 Å². The van der Waals surface area contributed by atoms with Crippen LogP contribution in [0.1, 0.15) is 17.5 Å². The van der Waals surface area contributed by atoms with Crippen molar-refractivity contribution < 1.29 is 4.39 Å². The maximum atomic E-state index is 13.5. The van der Waals surface area contributed by atoms with Gasteiger partial charge in [-0.05, 0) is 42.8 Å². The molecule has 2 aliphatic heterocycles. The highest BCUT2D eigenvalue weighted by molar-refractivity contribution is 14.1. The molecule has 0 saturated carbocycles. The van der Waals surface area contributed by atoms with Crippen molar-refractivity contribution in [2.75, 3.05) is 47.6 Å². The fourth-order valence-corrected chi connectivity index (χ4v) is 7.16. The topological polar surface area (TPSA) is 102 Å². The first-order valence-corrected chi connectivity index (χ1v) is 16.8. The lowest BCUT2D eigenvalue weighted by atomic mass is 10.0. The minimum atomic E-state index is -0.330. The lowest BCUT2D eigenvalue weighted by Crippen LogP contribution is -2.67. The number of halogens is 3. The molecule has 5 aromatic rings. The van der Waals surface area contributed by atoms with E-state index in [0.29, 0.717) is 33.3 Å². The van der Waals surface area contributed by atoms with Crippen LogP contribution in [0.25, 0.3) is 28.0 Å². The Labute approximate surface area is 284 Å². The third-order valence-electron chi connectivity index (χ3n) is 8.17. The fraction of sp³-hybridized carbons (Fsp3) is 0.323. The number of pyridine rings is 1. The van der Waals surface area contributed by atoms with Crippen molar-refractivity contribution in [1.29, 1.82) is 5.26 Å². The van der Waals surface area contributed by atoms with Gasteiger partial charge in [0.05, 0.1) is 10.2 Å². The van der Waals surface area contributed by atoms with Crippen molar-refractivity contribution in [3.63, 3.8) is 0 Å². The van der Waals surface area contributed by atoms with E-state index >= 15 is 0 Å². The molecule has 45 heavy (non-hydrogen) atoms. The van der Waals surface area contributed by atoms with Crippen molar-refractivity contribution in [1.82, 2.24) is 34.6 Å². The van der Waals surface area contributed by atoms with Crippen molar-refractivity contribution in [2.24, 2.45) is 0 Å². The Kier molecular flexibility index (Phi) is 9.21. The molecule has 0 radical (unpaired) electrons. The standard InChI is InChI=1S/C31H30FIN10S.ClH/c1-3-25-29(40(2)31-39-28(26(10-34)44-31)19-4-7-22(32)8-5-19)43-13-20(6-9-27(43)38-25)21-11-35-30(36-12-21)42-16-24(17-42)37-23-14-41(15-23)18-33;/h4-9,11-13,23-24,37H,3,14-18H2,1-2H3;1H. The van der Waals surface area contributed by atoms with Crippen LogP contribution >= 0.6 is 46.3 Å². The summed E-state index contributed by atoms with van der Waals surface area (Å²) in [5.74, 6) is 1.29. The number of aromatic nitrogens is 5. The molecule has 1 N–H and O–H groups in total. The minimum Gasteiger partial charge on any atom is -0.338 e. The van der Waals surface area contributed by atoms with Gasteiger partial charge >= 0.3 is 0 Å². The summed E-state index contributed by atoms with van der Waals surface area (Å²) in [5.41, 5.74) is 4.85. The number of nitrogens with one attached hydrogen (secondary N) is 1. The number of likely N-dealkylation sites (tertiary alicyclic amines) is 1. The number of fused-ring (bicyclic) bond motifs is 1. The molecule has 7 rings (SSSR count). The molecule has 0 unspecified atom stereocenters. The highest BCUT2D eigenvalue weighted by Gasteiger charge is 2.34. The van der Waals surface area contributed by atoms with Crippen LogP contribution in [0.3, 0.4) is 0 Å². The Hall–Kier alpha value is -3.42. The minimum absolute atomic E-state index is 0. The first kappa shape index (κ1) is 31.6. The van der Waals surface area contributed by atoms with E-state index in [2.05, 4.69) is 55.1 Å². The highest BCUT2D eigenvalue weighted by atomic mass is 127. The number of hydrogen-bond acceptors (Lipinski definition) is 10. The third kappa shape index (κ3) is 6.09. The molecule has 2 fully saturated rings. The average Bonchev–Trinajstić information content (AvgIpc) is 3.61. The summed E-state index contributed by atoms with van der Waals surface area (Å²) in [6.07, 6.45) is 6.53. The molecule has 10 nitrogen and oxygen atoms in total. The zero-order chi connectivity index (χ0) is 30.4. The number of nitriles is 1. The Morgan fingerprint density at radius 1 is 1.02 bits per heavy atom. The van der Waals surface area contributed by atoms with Crippen LogP contribution in [0, 0.1) is 17.1 Å². The van der Waals surface area contributed by atoms with Crippen molar-refractivity contribution in [3.8, 4) is 28.5 Å². The molecule has 4 aromatic heterocycles. The molecule has 1 aromatic carbocycles. The summed E-state index contributed by atoms with van der Waals surface area (Å²) >= 11 is 3.72. The number of anilines is 3. The van der Waals surface area contributed by atoms with Gasteiger partial charge in [-0.3, -0.25) is 9.30 Å². The van der Waals surface area contributed by atoms with Crippen LogP contribution in [0.5, 0.6) is 0 Å². The normalized spacial score (nSPS) is 15.4. The molecule has 0 atom stereocenters. The molecule has 0 aliphatic carbocycles. The molecule has 0 bridgehead atoms. The van der Waals surface area contributed by atoms with Crippen LogP contribution in [0.4, 0.5) is 21.3 Å². The third-order valence-corrected chi connectivity index (χ3v) is 10.2. The zero-order valence-corrected chi connectivity index (χ0v) is 28.5. The van der Waals surface area contributed by atoms with Gasteiger partial charge in [-0.15, -0.1) is 12.4 Å². The number of rotatable bonds is 9. The Bertz CT molecular complexity index is 1840. The zero-order valence-electron chi connectivity index (χ0n) is 24.7. The van der Waals surface area contributed by atoms with E-state index < -0.39 is 0 Å². The van der Waals surface area contributed by atoms with Gasteiger partial charge in [0, 0.05) is 80.6 Å². The van der Waals surface area contributed by atoms with E-state index in [-0.39, 0.29) is 18.2 Å². The number of imidazole rings is 1. The van der Waals surface area contributed by atoms with Crippen LogP contribution in [-0.4, -0.2) is 79.1 Å². The molecule has 6 heterocycles. The molecule has 2 saturated heterocycles. The van der Waals surface area contributed by atoms with Gasteiger partial charge < -0.3 is 15.1 Å². The van der Waals surface area contributed by atoms with E-state index in [0.717, 1.165) is 71.4 Å². The first-order valence-electron chi connectivity index (χ1n) is 14.5. The molecule has 14 heteroatoms. The SMILES string of the molecule is CCc1nc2ccc(-c3cnc(N4CC(NC5CN(CI)C5)C4)nc3)cn2c1N(C)c1nc(-c2ccc(F)cc2)c(C#N)s1.Cl. The van der Waals surface area contributed by atoms with Gasteiger partial charge in [-0.1, -0.05) is 40.9 Å². The van der Waals surface area contributed by atoms with Crippen molar-refractivity contribution in [2.45, 2.75) is 25.4 Å². The van der Waals surface area contributed by atoms with Gasteiger partial charge in [0.15, 0.2) is 5.13 Å². The predicted octanol–water partition coefficient (Wildman–Crippen LogP) is 5.53. The average molecular weight is 757 g/mol. The lowest BCUT2D eigenvalue weighted by molar-refractivity contribution is 0.141. The molecular weight excluding hydrogens is 726 g/mol. The van der Waals surface area contributed by atoms with Gasteiger partial charge in [0.25, 0.3) is 0 Å². The molecule has 2 aliphatic rings. The maximum absolute atomic E-state index is 13.5. The number of thiazole rings is 1. The molecule has 0 amide bonds. The van der Waals surface area contributed by atoms with Crippen LogP contribution in [0.15, 0.2) is 55.0 Å². The smallest absolute Gasteiger partial charge is 0.225 e. The number of aryl methyl sites for hydroxylation is 1. The van der Waals surface area contributed by atoms with E-state index in [9.17, 15) is 9.65 Å². The van der Waals surface area contributed by atoms with E-state index in [1.165, 1.54) is 23.5 Å². The molecule has 232 valence electrons. The second-order valence-corrected chi connectivity index (χ2v) is 12.8. The molecular formula is C31H31ClFIN10S. The largest absolute Gasteiger partial charge is 0.338 e. The van der Waals surface area contributed by atoms with E-state index in [4.69, 9.17) is 19.9 Å². The summed E-state index contributed by atoms with van der Waals surface area (Å²) in [7, 11) is 1.93. The monoisotopic (exact) mass is 756 g/mol. The van der Waals surface area contributed by atoms with Gasteiger partial charge in [-0.2, -0.15) is 5.26 Å². The van der Waals surface area contributed by atoms with Gasteiger partial charge in [0.1, 0.15) is 33.9 Å². The van der Waals surface area contributed by atoms with Crippen molar-refractivity contribution in [3.05, 3.63) is 71.4 Å². The Balaban J connectivity index is 0.00000357. The summed E-state index contributed by atoms with van der Waals surface area (Å²) in [4.78, 5) is 26.1. The van der Waals surface area contributed by atoms with Crippen LogP contribution in [0.2, 0.25) is 0 Å². The summed E-state index contributed by atoms with van der Waals surface area (Å²) in [6, 6.07) is 13.4. The van der Waals surface area contributed by atoms with Gasteiger partial charge in [0.2, 0.25) is 5.95 Å². The van der Waals surface area contributed by atoms with Crippen LogP contribution < -0.4 is 15.1 Å². The van der Waals surface area contributed by atoms with Crippen molar-refractivity contribution >= 4 is 68.9 Å². The highest BCUT2D eigenvalue weighted by Crippen LogP contribution is 2.37. The van der Waals surface area contributed by atoms with Gasteiger partial charge in [-0.25, -0.2) is 24.3 Å². The number of nitrogens with zero attached hydrogens (tertiary/aromatic N) is 9. The quantitative estimate of drug-likeness (QED) is 0.118. The first-order chi connectivity index (χ1) is 21.4. The number of hydrogen-bond donors (Lipinski definition) is 1. The second-order valence-electron chi connectivity index (χ2n) is 11.1. The molecule has 0 spiro atoms.